The van der Waals surface area contributed by atoms with E-state index < -0.39 is 5.92 Å². The van der Waals surface area contributed by atoms with E-state index in [1.807, 2.05) is 19.1 Å². The third-order valence-corrected chi connectivity index (χ3v) is 5.90. The Morgan fingerprint density at radius 1 is 1.21 bits per heavy atom. The molecule has 0 spiro atoms. The summed E-state index contributed by atoms with van der Waals surface area (Å²) in [6.07, 6.45) is 4.17. The van der Waals surface area contributed by atoms with Crippen molar-refractivity contribution >= 4 is 23.4 Å². The van der Waals surface area contributed by atoms with Gasteiger partial charge in [-0.3, -0.25) is 4.79 Å². The summed E-state index contributed by atoms with van der Waals surface area (Å²) < 4.78 is 5.59. The summed E-state index contributed by atoms with van der Waals surface area (Å²) in [7, 11) is 0. The Morgan fingerprint density at radius 2 is 1.90 bits per heavy atom. The van der Waals surface area contributed by atoms with Crippen LogP contribution in [0.15, 0.2) is 46.8 Å². The molecule has 1 aliphatic carbocycles. The van der Waals surface area contributed by atoms with Crippen molar-refractivity contribution in [2.24, 2.45) is 5.41 Å². The second-order valence-electron chi connectivity index (χ2n) is 8.82. The zero-order chi connectivity index (χ0) is 21.2. The number of esters is 1. The van der Waals surface area contributed by atoms with E-state index in [1.54, 1.807) is 12.1 Å². The highest BCUT2D eigenvalue weighted by Gasteiger charge is 2.43. The number of halogens is 1. The van der Waals surface area contributed by atoms with Crippen molar-refractivity contribution in [1.82, 2.24) is 5.32 Å². The smallest absolute Gasteiger partial charge is 0.336 e. The molecule has 1 aromatic rings. The van der Waals surface area contributed by atoms with E-state index in [-0.39, 0.29) is 17.2 Å². The van der Waals surface area contributed by atoms with Gasteiger partial charge in [0, 0.05) is 34.3 Å². The minimum atomic E-state index is -0.425. The summed E-state index contributed by atoms with van der Waals surface area (Å²) in [4.78, 5) is 26.2. The van der Waals surface area contributed by atoms with Crippen LogP contribution < -0.4 is 5.32 Å². The molecule has 29 heavy (non-hydrogen) atoms. The number of nitrogens with one attached hydrogen (secondary N) is 1. The maximum Gasteiger partial charge on any atom is 0.336 e. The lowest BCUT2D eigenvalue weighted by Gasteiger charge is -2.39. The van der Waals surface area contributed by atoms with Gasteiger partial charge in [-0.25, -0.2) is 4.79 Å². The van der Waals surface area contributed by atoms with Crippen LogP contribution in [0.4, 0.5) is 0 Å². The third kappa shape index (κ3) is 4.75. The molecule has 4 nitrogen and oxygen atoms in total. The first-order valence-electron chi connectivity index (χ1n) is 10.4. The summed E-state index contributed by atoms with van der Waals surface area (Å²) in [6, 6.07) is 7.40. The van der Waals surface area contributed by atoms with E-state index in [0.717, 1.165) is 42.6 Å². The molecule has 0 amide bonds. The van der Waals surface area contributed by atoms with Gasteiger partial charge in [0.1, 0.15) is 0 Å². The number of ether oxygens (including phenoxy) is 1. The van der Waals surface area contributed by atoms with Gasteiger partial charge in [0.25, 0.3) is 0 Å². The highest BCUT2D eigenvalue weighted by Crippen LogP contribution is 2.46. The monoisotopic (exact) mass is 415 g/mol. The Labute approximate surface area is 178 Å². The lowest BCUT2D eigenvalue weighted by Crippen LogP contribution is -2.38. The highest BCUT2D eigenvalue weighted by atomic mass is 35.5. The molecule has 2 aliphatic rings. The normalized spacial score (nSPS) is 21.0. The average molecular weight is 416 g/mol. The Hall–Kier alpha value is -2.07. The largest absolute Gasteiger partial charge is 0.462 e. The summed E-state index contributed by atoms with van der Waals surface area (Å²) in [6.45, 7) is 8.60. The molecule has 156 valence electrons. The minimum absolute atomic E-state index is 0.0903. The zero-order valence-electron chi connectivity index (χ0n) is 17.7. The first-order chi connectivity index (χ1) is 13.7. The van der Waals surface area contributed by atoms with Gasteiger partial charge in [0.15, 0.2) is 5.78 Å². The molecule has 1 aliphatic heterocycles. The fourth-order valence-electron chi connectivity index (χ4n) is 4.29. The molecular weight excluding hydrogens is 386 g/mol. The topological polar surface area (TPSA) is 55.4 Å². The van der Waals surface area contributed by atoms with Crippen LogP contribution in [0.5, 0.6) is 0 Å². The van der Waals surface area contributed by atoms with Crippen molar-refractivity contribution < 1.29 is 14.3 Å². The molecule has 1 aromatic carbocycles. The van der Waals surface area contributed by atoms with Crippen molar-refractivity contribution in [1.29, 1.82) is 0 Å². The summed E-state index contributed by atoms with van der Waals surface area (Å²) in [5, 5.41) is 3.98. The maximum atomic E-state index is 13.2. The molecule has 0 radical (unpaired) electrons. The molecular formula is C24H30ClNO3. The van der Waals surface area contributed by atoms with Crippen LogP contribution in [-0.2, 0) is 14.3 Å². The number of ketones is 1. The van der Waals surface area contributed by atoms with E-state index in [1.165, 1.54) is 0 Å². The molecule has 1 heterocycles. The minimum Gasteiger partial charge on any atom is -0.462 e. The molecule has 0 bridgehead atoms. The zero-order valence-corrected chi connectivity index (χ0v) is 18.5. The van der Waals surface area contributed by atoms with Crippen LogP contribution in [0.2, 0.25) is 5.02 Å². The van der Waals surface area contributed by atoms with Gasteiger partial charge in [0.2, 0.25) is 0 Å². The van der Waals surface area contributed by atoms with Crippen molar-refractivity contribution in [3.05, 3.63) is 57.4 Å². The number of rotatable bonds is 6. The molecule has 3 rings (SSSR count). The molecule has 0 aromatic heterocycles. The molecule has 0 saturated carbocycles. The summed E-state index contributed by atoms with van der Waals surface area (Å²) in [5.41, 5.74) is 3.68. The lowest BCUT2D eigenvalue weighted by molar-refractivity contribution is -0.139. The number of benzene rings is 1. The van der Waals surface area contributed by atoms with E-state index >= 15 is 0 Å². The van der Waals surface area contributed by atoms with Crippen molar-refractivity contribution in [3.63, 3.8) is 0 Å². The number of carbonyl (C=O) groups is 2. The van der Waals surface area contributed by atoms with Gasteiger partial charge < -0.3 is 10.1 Å². The van der Waals surface area contributed by atoms with Gasteiger partial charge >= 0.3 is 5.97 Å². The molecule has 5 heteroatoms. The van der Waals surface area contributed by atoms with Gasteiger partial charge in [-0.05, 0) is 42.9 Å². The van der Waals surface area contributed by atoms with E-state index in [0.29, 0.717) is 29.2 Å². The first-order valence-corrected chi connectivity index (χ1v) is 10.8. The Balaban J connectivity index is 2.01. The second kappa shape index (κ2) is 8.74. The van der Waals surface area contributed by atoms with Crippen molar-refractivity contribution in [2.75, 3.05) is 6.61 Å². The number of hydrogen-bond donors (Lipinski definition) is 1. The maximum absolute atomic E-state index is 13.2. The Kier molecular flexibility index (Phi) is 6.52. The predicted molar refractivity (Wildman–Crippen MR) is 116 cm³/mol. The van der Waals surface area contributed by atoms with Crippen LogP contribution in [0.3, 0.4) is 0 Å². The quantitative estimate of drug-likeness (QED) is 0.479. The van der Waals surface area contributed by atoms with Crippen LogP contribution in [-0.4, -0.2) is 18.4 Å². The molecule has 1 N–H and O–H groups in total. The average Bonchev–Trinajstić information content (AvgIpc) is 2.63. The van der Waals surface area contributed by atoms with Crippen LogP contribution in [0.1, 0.15) is 71.3 Å². The fourth-order valence-corrected chi connectivity index (χ4v) is 4.42. The first kappa shape index (κ1) is 21.6. The van der Waals surface area contributed by atoms with Gasteiger partial charge in [-0.1, -0.05) is 57.3 Å². The van der Waals surface area contributed by atoms with Crippen LogP contribution in [0.25, 0.3) is 0 Å². The van der Waals surface area contributed by atoms with Crippen LogP contribution >= 0.6 is 11.6 Å². The summed E-state index contributed by atoms with van der Waals surface area (Å²) in [5.74, 6) is -0.687. The van der Waals surface area contributed by atoms with E-state index in [9.17, 15) is 9.59 Å². The van der Waals surface area contributed by atoms with Crippen LogP contribution in [0, 0.1) is 5.41 Å². The van der Waals surface area contributed by atoms with E-state index in [4.69, 9.17) is 16.3 Å². The second-order valence-corrected chi connectivity index (χ2v) is 9.26. The molecule has 0 saturated heterocycles. The lowest BCUT2D eigenvalue weighted by atomic mass is 9.68. The standard InChI is InChI=1S/C24H30ClNO3/c1-5-6-7-12-29-23(28)20-15(2)26-18-13-24(3,4)14-19(27)22(18)21(20)16-8-10-17(25)11-9-16/h8-11,21,26H,5-7,12-14H2,1-4H3. The highest BCUT2D eigenvalue weighted by molar-refractivity contribution is 6.30. The van der Waals surface area contributed by atoms with E-state index in [2.05, 4.69) is 26.1 Å². The van der Waals surface area contributed by atoms with Crippen molar-refractivity contribution in [2.45, 2.75) is 65.7 Å². The molecule has 1 atom stereocenters. The molecule has 1 unspecified atom stereocenters. The third-order valence-electron chi connectivity index (χ3n) is 5.64. The Bertz CT molecular complexity index is 865. The number of allylic oxidation sites excluding steroid dienone is 3. The molecule has 0 fully saturated rings. The number of dihydropyridines is 1. The predicted octanol–water partition coefficient (Wildman–Crippen LogP) is 5.68. The van der Waals surface area contributed by atoms with Gasteiger partial charge in [0.05, 0.1) is 12.2 Å². The number of unbranched alkanes of at least 4 members (excludes halogenated alkanes) is 2. The van der Waals surface area contributed by atoms with Crippen molar-refractivity contribution in [3.8, 4) is 0 Å². The number of carbonyl (C=O) groups excluding carboxylic acids is 2. The number of hydrogen-bond acceptors (Lipinski definition) is 4. The number of Topliss-reactive ketones (excluding diaryl/α,β-unsaturated/α-hetero) is 1. The van der Waals surface area contributed by atoms with Gasteiger partial charge in [-0.15, -0.1) is 0 Å². The van der Waals surface area contributed by atoms with Gasteiger partial charge in [-0.2, -0.15) is 0 Å². The fraction of sp³-hybridized carbons (Fsp3) is 0.500. The summed E-state index contributed by atoms with van der Waals surface area (Å²) >= 11 is 6.08. The Morgan fingerprint density at radius 3 is 2.55 bits per heavy atom. The SMILES string of the molecule is CCCCCOC(=O)C1=C(C)NC2=C(C(=O)CC(C)(C)C2)C1c1ccc(Cl)cc1.